The minimum Gasteiger partial charge on any atom is -0.484 e. The van der Waals surface area contributed by atoms with Crippen molar-refractivity contribution in [2.45, 2.75) is 37.6 Å². The van der Waals surface area contributed by atoms with E-state index in [1.807, 2.05) is 0 Å². The summed E-state index contributed by atoms with van der Waals surface area (Å²) in [6.07, 6.45) is -1.55. The molecule has 2 heterocycles. The van der Waals surface area contributed by atoms with Crippen molar-refractivity contribution >= 4 is 17.7 Å². The van der Waals surface area contributed by atoms with E-state index in [1.165, 1.54) is 12.1 Å². The molecule has 0 aliphatic carbocycles. The highest BCUT2D eigenvalue weighted by Crippen LogP contribution is 2.31. The van der Waals surface area contributed by atoms with E-state index in [2.05, 4.69) is 0 Å². The Kier molecular flexibility index (Phi) is 6.34. The van der Waals surface area contributed by atoms with Gasteiger partial charge in [0.25, 0.3) is 5.91 Å². The molecule has 1 aromatic rings. The third-order valence-electron chi connectivity index (χ3n) is 4.61. The molecular formula is C18H22F3NO3S. The second kappa shape index (κ2) is 8.52. The second-order valence-corrected chi connectivity index (χ2v) is 7.66. The van der Waals surface area contributed by atoms with Gasteiger partial charge in [-0.3, -0.25) is 4.79 Å². The average Bonchev–Trinajstić information content (AvgIpc) is 3.30. The van der Waals surface area contributed by atoms with Crippen molar-refractivity contribution in [2.24, 2.45) is 0 Å². The van der Waals surface area contributed by atoms with Gasteiger partial charge in [0, 0.05) is 24.9 Å². The van der Waals surface area contributed by atoms with Crippen LogP contribution in [-0.2, 0) is 15.7 Å². The van der Waals surface area contributed by atoms with Gasteiger partial charge in [-0.1, -0.05) is 6.07 Å². The van der Waals surface area contributed by atoms with Gasteiger partial charge in [-0.25, -0.2) is 0 Å². The molecule has 4 nitrogen and oxygen atoms in total. The van der Waals surface area contributed by atoms with E-state index >= 15 is 0 Å². The van der Waals surface area contributed by atoms with Crippen LogP contribution in [0.25, 0.3) is 0 Å². The highest BCUT2D eigenvalue weighted by molar-refractivity contribution is 7.99. The van der Waals surface area contributed by atoms with E-state index in [9.17, 15) is 18.0 Å². The van der Waals surface area contributed by atoms with E-state index in [0.717, 1.165) is 42.9 Å². The summed E-state index contributed by atoms with van der Waals surface area (Å²) in [4.78, 5) is 14.5. The first kappa shape index (κ1) is 19.4. The SMILES string of the molecule is O=C(COc1cccc(C(F)(F)F)c1)N(CC1CCCO1)C1CCSC1. The van der Waals surface area contributed by atoms with Gasteiger partial charge in [-0.05, 0) is 43.2 Å². The number of benzene rings is 1. The molecule has 2 aliphatic rings. The molecule has 2 atom stereocenters. The molecule has 0 aromatic heterocycles. The maximum Gasteiger partial charge on any atom is 0.416 e. The number of thioether (sulfide) groups is 1. The molecule has 2 aliphatic heterocycles. The number of rotatable bonds is 6. The van der Waals surface area contributed by atoms with Gasteiger partial charge < -0.3 is 14.4 Å². The van der Waals surface area contributed by atoms with Crippen LogP contribution in [0.1, 0.15) is 24.8 Å². The third kappa shape index (κ3) is 5.07. The second-order valence-electron chi connectivity index (χ2n) is 6.51. The van der Waals surface area contributed by atoms with Crippen LogP contribution >= 0.6 is 11.8 Å². The highest BCUT2D eigenvalue weighted by atomic mass is 32.2. The number of alkyl halides is 3. The first-order chi connectivity index (χ1) is 12.4. The van der Waals surface area contributed by atoms with E-state index in [0.29, 0.717) is 13.2 Å². The molecule has 1 amide bonds. The number of carbonyl (C=O) groups excluding carboxylic acids is 1. The topological polar surface area (TPSA) is 38.8 Å². The van der Waals surface area contributed by atoms with Crippen molar-refractivity contribution in [1.29, 1.82) is 0 Å². The predicted molar refractivity (Wildman–Crippen MR) is 93.4 cm³/mol. The lowest BCUT2D eigenvalue weighted by atomic mass is 10.1. The first-order valence-corrected chi connectivity index (χ1v) is 9.88. The minimum absolute atomic E-state index is 0.0399. The van der Waals surface area contributed by atoms with Crippen molar-refractivity contribution in [2.75, 3.05) is 31.3 Å². The fourth-order valence-corrected chi connectivity index (χ4v) is 4.44. The quantitative estimate of drug-likeness (QED) is 0.745. The standard InChI is InChI=1S/C18H22F3NO3S/c19-18(20,21)13-3-1-4-15(9-13)25-11-17(23)22(14-6-8-26-12-14)10-16-5-2-7-24-16/h1,3-4,9,14,16H,2,5-8,10-12H2. The van der Waals surface area contributed by atoms with Crippen molar-refractivity contribution in [3.8, 4) is 5.75 Å². The third-order valence-corrected chi connectivity index (χ3v) is 5.76. The number of amides is 1. The lowest BCUT2D eigenvalue weighted by molar-refractivity contribution is -0.137. The first-order valence-electron chi connectivity index (χ1n) is 8.72. The summed E-state index contributed by atoms with van der Waals surface area (Å²) in [6, 6.07) is 4.75. The molecule has 0 saturated carbocycles. The van der Waals surface area contributed by atoms with Crippen molar-refractivity contribution in [3.63, 3.8) is 0 Å². The minimum atomic E-state index is -4.43. The Morgan fingerprint density at radius 3 is 2.85 bits per heavy atom. The Morgan fingerprint density at radius 1 is 1.35 bits per heavy atom. The summed E-state index contributed by atoms with van der Waals surface area (Å²) in [7, 11) is 0. The summed E-state index contributed by atoms with van der Waals surface area (Å²) in [5, 5.41) is 0. The monoisotopic (exact) mass is 389 g/mol. The lowest BCUT2D eigenvalue weighted by Gasteiger charge is -2.30. The van der Waals surface area contributed by atoms with Crippen LogP contribution < -0.4 is 4.74 Å². The van der Waals surface area contributed by atoms with Gasteiger partial charge in [0.05, 0.1) is 11.7 Å². The van der Waals surface area contributed by atoms with Crippen LogP contribution in [0.15, 0.2) is 24.3 Å². The number of halogens is 3. The maximum atomic E-state index is 12.8. The fourth-order valence-electron chi connectivity index (χ4n) is 3.22. The maximum absolute atomic E-state index is 12.8. The van der Waals surface area contributed by atoms with Gasteiger partial charge in [-0.2, -0.15) is 24.9 Å². The number of hydrogen-bond donors (Lipinski definition) is 0. The van der Waals surface area contributed by atoms with Crippen LogP contribution in [0.5, 0.6) is 5.75 Å². The van der Waals surface area contributed by atoms with Crippen LogP contribution in [0.3, 0.4) is 0 Å². The summed E-state index contributed by atoms with van der Waals surface area (Å²) >= 11 is 1.80. The van der Waals surface area contributed by atoms with E-state index in [-0.39, 0.29) is 30.4 Å². The number of hydrogen-bond acceptors (Lipinski definition) is 4. The zero-order chi connectivity index (χ0) is 18.6. The van der Waals surface area contributed by atoms with Gasteiger partial charge in [0.1, 0.15) is 5.75 Å². The van der Waals surface area contributed by atoms with Crippen molar-refractivity contribution < 1.29 is 27.4 Å². The highest BCUT2D eigenvalue weighted by Gasteiger charge is 2.32. The van der Waals surface area contributed by atoms with Gasteiger partial charge >= 0.3 is 6.18 Å². The molecule has 2 saturated heterocycles. The molecular weight excluding hydrogens is 367 g/mol. The molecule has 0 N–H and O–H groups in total. The zero-order valence-electron chi connectivity index (χ0n) is 14.3. The molecule has 144 valence electrons. The molecule has 26 heavy (non-hydrogen) atoms. The number of nitrogens with zero attached hydrogens (tertiary/aromatic N) is 1. The fraction of sp³-hybridized carbons (Fsp3) is 0.611. The Hall–Kier alpha value is -1.41. The van der Waals surface area contributed by atoms with Gasteiger partial charge in [-0.15, -0.1) is 0 Å². The summed E-state index contributed by atoms with van der Waals surface area (Å²) in [5.41, 5.74) is -0.786. The van der Waals surface area contributed by atoms with Crippen LogP contribution in [-0.4, -0.2) is 54.2 Å². The summed E-state index contributed by atoms with van der Waals surface area (Å²) in [5.74, 6) is 1.73. The normalized spacial score (nSPS) is 23.2. The summed E-state index contributed by atoms with van der Waals surface area (Å²) in [6.45, 7) is 0.970. The smallest absolute Gasteiger partial charge is 0.416 e. The van der Waals surface area contributed by atoms with Crippen LogP contribution in [0.2, 0.25) is 0 Å². The Morgan fingerprint density at radius 2 is 2.19 bits per heavy atom. The molecule has 0 radical (unpaired) electrons. The predicted octanol–water partition coefficient (Wildman–Crippen LogP) is 3.60. The van der Waals surface area contributed by atoms with E-state index in [1.54, 1.807) is 16.7 Å². The zero-order valence-corrected chi connectivity index (χ0v) is 15.2. The van der Waals surface area contributed by atoms with Gasteiger partial charge in [0.15, 0.2) is 6.61 Å². The molecule has 1 aromatic carbocycles. The molecule has 0 bridgehead atoms. The molecule has 2 unspecified atom stereocenters. The van der Waals surface area contributed by atoms with Crippen LogP contribution in [0, 0.1) is 0 Å². The Bertz CT molecular complexity index is 614. The van der Waals surface area contributed by atoms with E-state index in [4.69, 9.17) is 9.47 Å². The van der Waals surface area contributed by atoms with E-state index < -0.39 is 11.7 Å². The molecule has 0 spiro atoms. The molecule has 2 fully saturated rings. The van der Waals surface area contributed by atoms with Crippen molar-refractivity contribution in [3.05, 3.63) is 29.8 Å². The van der Waals surface area contributed by atoms with Gasteiger partial charge in [0.2, 0.25) is 0 Å². The molecule has 3 rings (SSSR count). The lowest BCUT2D eigenvalue weighted by Crippen LogP contribution is -2.46. The molecule has 8 heteroatoms. The average molecular weight is 389 g/mol. The Balaban J connectivity index is 1.61. The van der Waals surface area contributed by atoms with Crippen LogP contribution in [0.4, 0.5) is 13.2 Å². The Labute approximate surface area is 155 Å². The van der Waals surface area contributed by atoms with Crippen molar-refractivity contribution in [1.82, 2.24) is 4.90 Å². The number of ether oxygens (including phenoxy) is 2. The largest absolute Gasteiger partial charge is 0.484 e. The number of carbonyl (C=O) groups is 1. The summed E-state index contributed by atoms with van der Waals surface area (Å²) < 4.78 is 49.4.